The van der Waals surface area contributed by atoms with E-state index in [2.05, 4.69) is 10.8 Å². The summed E-state index contributed by atoms with van der Waals surface area (Å²) in [4.78, 5) is 13.3. The Bertz CT molecular complexity index is 1570. The third-order valence-corrected chi connectivity index (χ3v) is 5.84. The van der Waals surface area contributed by atoms with Gasteiger partial charge in [-0.3, -0.25) is 9.20 Å². The van der Waals surface area contributed by atoms with Crippen molar-refractivity contribution in [3.8, 4) is 5.75 Å². The van der Waals surface area contributed by atoms with E-state index in [-0.39, 0.29) is 5.39 Å². The average molecular weight is 433 g/mol. The third-order valence-electron chi connectivity index (χ3n) is 4.87. The zero-order chi connectivity index (χ0) is 21.8. The zero-order valence-corrected chi connectivity index (χ0v) is 16.3. The molecule has 0 saturated heterocycles. The number of aromatic nitrogens is 1. The minimum absolute atomic E-state index is 0.0295. The molecule has 2 heterocycles. The number of hydrogen-bond donors (Lipinski definition) is 0. The average Bonchev–Trinajstić information content (AvgIpc) is 3.02. The molecule has 0 fully saturated rings. The van der Waals surface area contributed by atoms with E-state index in [4.69, 9.17) is 0 Å². The van der Waals surface area contributed by atoms with Gasteiger partial charge in [-0.05, 0) is 36.6 Å². The molecule has 0 aliphatic heterocycles. The minimum Gasteiger partial charge on any atom is -0.376 e. The van der Waals surface area contributed by atoms with E-state index in [1.807, 2.05) is 12.1 Å². The van der Waals surface area contributed by atoms with Crippen molar-refractivity contribution in [2.75, 3.05) is 0 Å². The molecule has 9 heteroatoms. The molecule has 4 rings (SSSR count). The first-order valence-corrected chi connectivity index (χ1v) is 10.1. The first-order valence-electron chi connectivity index (χ1n) is 8.73. The molecule has 30 heavy (non-hydrogen) atoms. The van der Waals surface area contributed by atoms with Crippen LogP contribution in [-0.2, 0) is 10.1 Å². The number of rotatable bonds is 3. The van der Waals surface area contributed by atoms with Crippen LogP contribution in [0.3, 0.4) is 0 Å². The van der Waals surface area contributed by atoms with Gasteiger partial charge in [-0.15, -0.1) is 0 Å². The molecule has 2 aromatic carbocycles. The molecule has 0 unspecified atom stereocenters. The van der Waals surface area contributed by atoms with Crippen LogP contribution < -0.4 is 15.0 Å². The Balaban J connectivity index is 2.14. The van der Waals surface area contributed by atoms with Gasteiger partial charge in [0.05, 0.1) is 16.4 Å². The molecule has 0 N–H and O–H groups in total. The Kier molecular flexibility index (Phi) is 4.39. The van der Waals surface area contributed by atoms with Crippen LogP contribution in [0.2, 0.25) is 0 Å². The molecule has 0 radical (unpaired) electrons. The van der Waals surface area contributed by atoms with Gasteiger partial charge in [-0.1, -0.05) is 36.9 Å². The maximum absolute atomic E-state index is 13.3. The van der Waals surface area contributed by atoms with E-state index in [0.717, 1.165) is 23.1 Å². The van der Waals surface area contributed by atoms with Crippen molar-refractivity contribution >= 4 is 49.5 Å². The lowest BCUT2D eigenvalue weighted by Crippen LogP contribution is -2.28. The van der Waals surface area contributed by atoms with E-state index in [9.17, 15) is 26.4 Å². The van der Waals surface area contributed by atoms with Crippen molar-refractivity contribution in [2.45, 2.75) is 12.4 Å². The van der Waals surface area contributed by atoms with Crippen LogP contribution in [0.25, 0.3) is 39.3 Å². The highest BCUT2D eigenvalue weighted by Crippen LogP contribution is 2.29. The summed E-state index contributed by atoms with van der Waals surface area (Å²) < 4.78 is 66.3. The van der Waals surface area contributed by atoms with Crippen LogP contribution in [0, 0.1) is 0 Å². The van der Waals surface area contributed by atoms with Gasteiger partial charge >= 0.3 is 15.6 Å². The number of alkyl halides is 3. The molecule has 5 nitrogen and oxygen atoms in total. The molecule has 0 amide bonds. The van der Waals surface area contributed by atoms with Crippen molar-refractivity contribution in [1.29, 1.82) is 0 Å². The number of pyridine rings is 1. The number of halogens is 3. The molecule has 154 valence electrons. The fraction of sp³-hybridized carbons (Fsp3) is 0.0952. The summed E-state index contributed by atoms with van der Waals surface area (Å²) in [5.74, 6) is -0.598. The molecular formula is C21H14F3NO4S. The monoisotopic (exact) mass is 433 g/mol. The van der Waals surface area contributed by atoms with E-state index < -0.39 is 26.9 Å². The molecule has 0 aliphatic rings. The Morgan fingerprint density at radius 1 is 1.07 bits per heavy atom. The Hall–Kier alpha value is -3.33. The van der Waals surface area contributed by atoms with Crippen molar-refractivity contribution in [3.05, 3.63) is 70.2 Å². The van der Waals surface area contributed by atoms with Crippen LogP contribution in [0.1, 0.15) is 12.5 Å². The smallest absolute Gasteiger partial charge is 0.376 e. The topological polar surface area (TPSA) is 64.8 Å². The molecule has 4 aromatic rings. The maximum atomic E-state index is 13.3. The van der Waals surface area contributed by atoms with Gasteiger partial charge in [0, 0.05) is 16.2 Å². The molecule has 2 aromatic heterocycles. The van der Waals surface area contributed by atoms with E-state index >= 15 is 0 Å². The number of benzene rings is 2. The van der Waals surface area contributed by atoms with Crippen molar-refractivity contribution in [2.24, 2.45) is 0 Å². The summed E-state index contributed by atoms with van der Waals surface area (Å²) in [6.45, 7) is 5.61. The summed E-state index contributed by atoms with van der Waals surface area (Å²) in [5, 5.41) is 1.94. The lowest BCUT2D eigenvalue weighted by molar-refractivity contribution is -0.0500. The Morgan fingerprint density at radius 3 is 2.40 bits per heavy atom. The normalized spacial score (nSPS) is 13.4. The second kappa shape index (κ2) is 6.60. The Labute approximate surface area is 168 Å². The predicted octanol–water partition coefficient (Wildman–Crippen LogP) is 4.00. The fourth-order valence-electron chi connectivity index (χ4n) is 3.65. The molecule has 0 aliphatic carbocycles. The molecular weight excluding hydrogens is 419 g/mol. The zero-order valence-electron chi connectivity index (χ0n) is 15.5. The van der Waals surface area contributed by atoms with Crippen LogP contribution in [0.5, 0.6) is 5.75 Å². The van der Waals surface area contributed by atoms with Gasteiger partial charge in [0.1, 0.15) is 5.75 Å². The molecule has 0 spiro atoms. The SMILES string of the molecule is C=Cc1c2ccccc2n2c(=O)c3cc(OS(=O)(=O)C(F)(F)F)ccc3/c(=C/C)c12. The standard InChI is InChI=1S/C21H14F3NO4S/c1-3-13-15-10-9-12(29-30(27,28)21(22,23)24)11-17(15)20(26)25-18-8-6-5-7-16(18)14(4-2)19(13)25/h3-11H,2H2,1H3/b13-3-. The van der Waals surface area contributed by atoms with Crippen LogP contribution in [-0.4, -0.2) is 18.3 Å². The highest BCUT2D eigenvalue weighted by Gasteiger charge is 2.48. The number of nitrogens with zero attached hydrogens (tertiary/aromatic N) is 1. The highest BCUT2D eigenvalue weighted by atomic mass is 32.2. The quantitative estimate of drug-likeness (QED) is 0.362. The van der Waals surface area contributed by atoms with Crippen LogP contribution >= 0.6 is 0 Å². The van der Waals surface area contributed by atoms with Gasteiger partial charge in [-0.2, -0.15) is 21.6 Å². The van der Waals surface area contributed by atoms with Gasteiger partial charge in [-0.25, -0.2) is 0 Å². The number of hydrogen-bond acceptors (Lipinski definition) is 4. The Morgan fingerprint density at radius 2 is 1.77 bits per heavy atom. The number of para-hydroxylation sites is 1. The third kappa shape index (κ3) is 2.77. The van der Waals surface area contributed by atoms with E-state index in [1.165, 1.54) is 10.5 Å². The lowest BCUT2D eigenvalue weighted by atomic mass is 10.1. The molecule has 0 saturated carbocycles. The second-order valence-corrected chi connectivity index (χ2v) is 8.05. The summed E-state index contributed by atoms with van der Waals surface area (Å²) in [5.41, 5.74) is -4.12. The summed E-state index contributed by atoms with van der Waals surface area (Å²) in [6, 6.07) is 10.6. The number of fused-ring (bicyclic) bond motifs is 4. The minimum atomic E-state index is -5.85. The predicted molar refractivity (Wildman–Crippen MR) is 110 cm³/mol. The van der Waals surface area contributed by atoms with Gasteiger partial charge < -0.3 is 4.18 Å². The maximum Gasteiger partial charge on any atom is 0.534 e. The van der Waals surface area contributed by atoms with Crippen LogP contribution in [0.15, 0.2) is 53.8 Å². The van der Waals surface area contributed by atoms with Gasteiger partial charge in [0.15, 0.2) is 0 Å². The molecule has 0 bridgehead atoms. The van der Waals surface area contributed by atoms with Crippen LogP contribution in [0.4, 0.5) is 13.2 Å². The fourth-order valence-corrected chi connectivity index (χ4v) is 4.10. The summed E-state index contributed by atoms with van der Waals surface area (Å²) in [6.07, 6.45) is 3.42. The van der Waals surface area contributed by atoms with Gasteiger partial charge in [0.2, 0.25) is 0 Å². The van der Waals surface area contributed by atoms with Crippen molar-refractivity contribution < 1.29 is 25.8 Å². The summed E-state index contributed by atoms with van der Waals surface area (Å²) >= 11 is 0. The lowest BCUT2D eigenvalue weighted by Gasteiger charge is -2.10. The van der Waals surface area contributed by atoms with Crippen molar-refractivity contribution in [1.82, 2.24) is 4.40 Å². The largest absolute Gasteiger partial charge is 0.534 e. The second-order valence-electron chi connectivity index (χ2n) is 6.52. The van der Waals surface area contributed by atoms with E-state index in [1.54, 1.807) is 31.2 Å². The van der Waals surface area contributed by atoms with E-state index in [0.29, 0.717) is 21.6 Å². The first-order chi connectivity index (χ1) is 14.1. The first kappa shape index (κ1) is 20.0. The van der Waals surface area contributed by atoms with Gasteiger partial charge in [0.25, 0.3) is 5.56 Å². The molecule has 0 atom stereocenters. The van der Waals surface area contributed by atoms with Crippen molar-refractivity contribution in [3.63, 3.8) is 0 Å². The highest BCUT2D eigenvalue weighted by molar-refractivity contribution is 7.88. The summed E-state index contributed by atoms with van der Waals surface area (Å²) in [7, 11) is -5.85.